The van der Waals surface area contributed by atoms with E-state index >= 15 is 0 Å². The van der Waals surface area contributed by atoms with E-state index in [-0.39, 0.29) is 0 Å². The van der Waals surface area contributed by atoms with Gasteiger partial charge in [-0.1, -0.05) is 18.2 Å². The Hall–Kier alpha value is -0.160. The molecule has 1 N–H and O–H groups in total. The zero-order valence-corrected chi connectivity index (χ0v) is 14.6. The zero-order valence-electron chi connectivity index (χ0n) is 13.0. The van der Waals surface area contributed by atoms with Crippen molar-refractivity contribution in [3.05, 3.63) is 29.8 Å². The Labute approximate surface area is 142 Å². The van der Waals surface area contributed by atoms with Crippen molar-refractivity contribution in [2.24, 2.45) is 5.92 Å². The van der Waals surface area contributed by atoms with E-state index < -0.39 is 0 Å². The lowest BCUT2D eigenvalue weighted by Crippen LogP contribution is -2.43. The van der Waals surface area contributed by atoms with Crippen molar-refractivity contribution < 1.29 is 4.74 Å². The Bertz CT molecular complexity index is 496. The fraction of sp³-hybridized carbons (Fsp3) is 0.667. The smallest absolute Gasteiger partial charge is 0.0697 e. The van der Waals surface area contributed by atoms with Gasteiger partial charge in [0, 0.05) is 34.2 Å². The quantitative estimate of drug-likeness (QED) is 0.891. The fourth-order valence-corrected chi connectivity index (χ4v) is 6.57. The highest BCUT2D eigenvalue weighted by atomic mass is 32.2. The second kappa shape index (κ2) is 7.16. The largest absolute Gasteiger partial charge is 0.377 e. The van der Waals surface area contributed by atoms with Crippen molar-refractivity contribution in [3.8, 4) is 0 Å². The molecule has 3 heterocycles. The van der Waals surface area contributed by atoms with Crippen LogP contribution in [0.4, 0.5) is 0 Å². The molecular weight excluding hydrogens is 310 g/mol. The summed E-state index contributed by atoms with van der Waals surface area (Å²) in [7, 11) is 0. The molecule has 0 aliphatic carbocycles. The maximum Gasteiger partial charge on any atom is 0.0697 e. The molecule has 0 amide bonds. The van der Waals surface area contributed by atoms with Gasteiger partial charge in [-0.15, -0.1) is 11.8 Å². The third kappa shape index (κ3) is 3.35. The number of hydrogen-bond donors (Lipinski definition) is 1. The highest BCUT2D eigenvalue weighted by Gasteiger charge is 2.34. The lowest BCUT2D eigenvalue weighted by atomic mass is 9.92. The number of benzene rings is 1. The van der Waals surface area contributed by atoms with E-state index in [1.165, 1.54) is 55.0 Å². The molecule has 2 nitrogen and oxygen atoms in total. The van der Waals surface area contributed by atoms with Crippen LogP contribution in [0.1, 0.15) is 24.8 Å². The van der Waals surface area contributed by atoms with E-state index in [9.17, 15) is 0 Å². The van der Waals surface area contributed by atoms with Gasteiger partial charge in [0.15, 0.2) is 0 Å². The molecule has 2 fully saturated rings. The third-order valence-corrected chi connectivity index (χ3v) is 8.11. The first-order valence-corrected chi connectivity index (χ1v) is 10.5. The highest BCUT2D eigenvalue weighted by Crippen LogP contribution is 2.41. The van der Waals surface area contributed by atoms with Gasteiger partial charge < -0.3 is 10.1 Å². The Morgan fingerprint density at radius 1 is 1.09 bits per heavy atom. The maximum atomic E-state index is 6.34. The molecule has 22 heavy (non-hydrogen) atoms. The second-order valence-electron chi connectivity index (χ2n) is 6.63. The number of fused-ring (bicyclic) bond motifs is 1. The summed E-state index contributed by atoms with van der Waals surface area (Å²) in [4.78, 5) is 1.48. The zero-order chi connectivity index (χ0) is 14.8. The molecular formula is C18H25NOS2. The molecule has 0 radical (unpaired) electrons. The third-order valence-electron chi connectivity index (χ3n) is 5.19. The van der Waals surface area contributed by atoms with Crippen LogP contribution in [0.15, 0.2) is 29.2 Å². The Morgan fingerprint density at radius 3 is 2.86 bits per heavy atom. The van der Waals surface area contributed by atoms with Crippen LogP contribution >= 0.6 is 23.5 Å². The number of thioether (sulfide) groups is 2. The van der Waals surface area contributed by atoms with Gasteiger partial charge >= 0.3 is 0 Å². The number of ether oxygens (including phenoxy) is 1. The molecule has 2 saturated heterocycles. The predicted molar refractivity (Wildman–Crippen MR) is 96.0 cm³/mol. The van der Waals surface area contributed by atoms with E-state index in [1.807, 2.05) is 0 Å². The summed E-state index contributed by atoms with van der Waals surface area (Å²) in [6, 6.07) is 8.89. The predicted octanol–water partition coefficient (Wildman–Crippen LogP) is 3.59. The first-order chi connectivity index (χ1) is 10.9. The van der Waals surface area contributed by atoms with Crippen LogP contribution in [0.2, 0.25) is 0 Å². The molecule has 0 spiro atoms. The van der Waals surface area contributed by atoms with Crippen LogP contribution in [-0.4, -0.2) is 42.1 Å². The molecule has 0 saturated carbocycles. The molecule has 1 aromatic carbocycles. The highest BCUT2D eigenvalue weighted by molar-refractivity contribution is 8.00. The van der Waals surface area contributed by atoms with E-state index in [4.69, 9.17) is 4.74 Å². The Morgan fingerprint density at radius 2 is 2.05 bits per heavy atom. The van der Waals surface area contributed by atoms with Gasteiger partial charge in [-0.3, -0.25) is 0 Å². The molecule has 4 atom stereocenters. The minimum absolute atomic E-state index is 0.469. The van der Waals surface area contributed by atoms with Crippen LogP contribution in [0.5, 0.6) is 0 Å². The monoisotopic (exact) mass is 335 g/mol. The summed E-state index contributed by atoms with van der Waals surface area (Å²) < 4.78 is 6.34. The standard InChI is InChI=1S/C18H25NOS2/c1-2-4-16-13(3-1)6-8-17(22-16)15-7-5-14(12-20-15)18-11-19-9-10-21-18/h1-4,14-15,17-19H,5-12H2. The summed E-state index contributed by atoms with van der Waals surface area (Å²) >= 11 is 4.21. The van der Waals surface area contributed by atoms with Crippen molar-refractivity contribution in [2.75, 3.05) is 25.4 Å². The molecule has 0 bridgehead atoms. The van der Waals surface area contributed by atoms with Gasteiger partial charge in [0.05, 0.1) is 12.7 Å². The van der Waals surface area contributed by atoms with Gasteiger partial charge in [-0.05, 0) is 43.2 Å². The number of nitrogens with one attached hydrogen (secondary N) is 1. The average molecular weight is 336 g/mol. The summed E-state index contributed by atoms with van der Waals surface area (Å²) in [5.74, 6) is 2.02. The molecule has 0 aromatic heterocycles. The van der Waals surface area contributed by atoms with Gasteiger partial charge in [-0.2, -0.15) is 11.8 Å². The summed E-state index contributed by atoms with van der Waals surface area (Å²) in [6.07, 6.45) is 5.57. The van der Waals surface area contributed by atoms with Crippen molar-refractivity contribution in [3.63, 3.8) is 0 Å². The van der Waals surface area contributed by atoms with E-state index in [0.717, 1.165) is 17.8 Å². The number of aryl methyl sites for hydroxylation is 1. The Balaban J connectivity index is 1.32. The van der Waals surface area contributed by atoms with Gasteiger partial charge in [0.25, 0.3) is 0 Å². The maximum absolute atomic E-state index is 6.34. The van der Waals surface area contributed by atoms with Crippen molar-refractivity contribution >= 4 is 23.5 Å². The van der Waals surface area contributed by atoms with Crippen LogP contribution in [0.3, 0.4) is 0 Å². The molecule has 3 aliphatic heterocycles. The van der Waals surface area contributed by atoms with Gasteiger partial charge in [0.1, 0.15) is 0 Å². The normalized spacial score (nSPS) is 35.8. The van der Waals surface area contributed by atoms with Crippen LogP contribution in [-0.2, 0) is 11.2 Å². The lowest BCUT2D eigenvalue weighted by molar-refractivity contribution is -0.0177. The Kier molecular flexibility index (Phi) is 5.01. The lowest BCUT2D eigenvalue weighted by Gasteiger charge is -2.39. The van der Waals surface area contributed by atoms with Crippen LogP contribution in [0, 0.1) is 5.92 Å². The molecule has 3 aliphatic rings. The van der Waals surface area contributed by atoms with Crippen LogP contribution < -0.4 is 5.32 Å². The molecule has 4 heteroatoms. The second-order valence-corrected chi connectivity index (χ2v) is 9.25. The summed E-state index contributed by atoms with van der Waals surface area (Å²) in [5, 5.41) is 4.97. The molecule has 4 rings (SSSR count). The van der Waals surface area contributed by atoms with E-state index in [2.05, 4.69) is 53.1 Å². The minimum Gasteiger partial charge on any atom is -0.377 e. The van der Waals surface area contributed by atoms with Crippen LogP contribution in [0.25, 0.3) is 0 Å². The number of rotatable bonds is 2. The van der Waals surface area contributed by atoms with E-state index in [1.54, 1.807) is 0 Å². The summed E-state index contributed by atoms with van der Waals surface area (Å²) in [6.45, 7) is 3.33. The fourth-order valence-electron chi connectivity index (χ4n) is 3.87. The average Bonchev–Trinajstić information content (AvgIpc) is 2.62. The number of hydrogen-bond acceptors (Lipinski definition) is 4. The van der Waals surface area contributed by atoms with Crippen molar-refractivity contribution in [1.82, 2.24) is 5.32 Å². The molecule has 120 valence electrons. The molecule has 4 unspecified atom stereocenters. The first kappa shape index (κ1) is 15.4. The summed E-state index contributed by atoms with van der Waals surface area (Å²) in [5.41, 5.74) is 1.53. The van der Waals surface area contributed by atoms with Gasteiger partial charge in [-0.25, -0.2) is 0 Å². The minimum atomic E-state index is 0.469. The van der Waals surface area contributed by atoms with Crippen molar-refractivity contribution in [1.29, 1.82) is 0 Å². The SMILES string of the molecule is c1ccc2c(c1)CCC(C1CCC(C3CNCCS3)CO1)S2. The first-order valence-electron chi connectivity index (χ1n) is 8.58. The molecule has 1 aromatic rings. The van der Waals surface area contributed by atoms with Crippen molar-refractivity contribution in [2.45, 2.75) is 47.2 Å². The van der Waals surface area contributed by atoms with Gasteiger partial charge in [0.2, 0.25) is 0 Å². The van der Waals surface area contributed by atoms with E-state index in [0.29, 0.717) is 11.4 Å². The topological polar surface area (TPSA) is 21.3 Å².